The van der Waals surface area contributed by atoms with Crippen LogP contribution in [-0.4, -0.2) is 24.1 Å². The number of amides is 1. The molecule has 2 N–H and O–H groups in total. The first-order valence-corrected chi connectivity index (χ1v) is 10.0. The molecule has 136 valence electrons. The number of carbonyl (C=O) groups excluding carboxylic acids is 1. The van der Waals surface area contributed by atoms with Gasteiger partial charge in [0.1, 0.15) is 0 Å². The van der Waals surface area contributed by atoms with Gasteiger partial charge in [-0.2, -0.15) is 0 Å². The van der Waals surface area contributed by atoms with Crippen LogP contribution in [0.4, 0.5) is 5.69 Å². The van der Waals surface area contributed by atoms with E-state index in [1.807, 2.05) is 12.1 Å². The lowest BCUT2D eigenvalue weighted by molar-refractivity contribution is -0.117. The maximum absolute atomic E-state index is 12.3. The second-order valence-corrected chi connectivity index (χ2v) is 8.14. The largest absolute Gasteiger partial charge is 0.374 e. The highest BCUT2D eigenvalue weighted by Crippen LogP contribution is 2.32. The van der Waals surface area contributed by atoms with E-state index in [0.717, 1.165) is 18.5 Å². The summed E-state index contributed by atoms with van der Waals surface area (Å²) in [7, 11) is 0. The van der Waals surface area contributed by atoms with Gasteiger partial charge in [-0.15, -0.1) is 0 Å². The van der Waals surface area contributed by atoms with Crippen LogP contribution < -0.4 is 10.6 Å². The van der Waals surface area contributed by atoms with E-state index in [-0.39, 0.29) is 5.91 Å². The minimum atomic E-state index is 0.154. The molecule has 4 rings (SSSR count). The lowest BCUT2D eigenvalue weighted by Gasteiger charge is -2.28. The van der Waals surface area contributed by atoms with Crippen molar-refractivity contribution in [2.24, 2.45) is 5.92 Å². The van der Waals surface area contributed by atoms with E-state index in [2.05, 4.69) is 22.8 Å². The molecule has 2 atom stereocenters. The third-order valence-corrected chi connectivity index (χ3v) is 6.07. The maximum atomic E-state index is 12.3. The van der Waals surface area contributed by atoms with Gasteiger partial charge in [0.25, 0.3) is 0 Å². The van der Waals surface area contributed by atoms with Crippen molar-refractivity contribution in [3.05, 3.63) is 29.8 Å². The molecule has 25 heavy (non-hydrogen) atoms. The zero-order chi connectivity index (χ0) is 17.1. The summed E-state index contributed by atoms with van der Waals surface area (Å²) in [6, 6.07) is 9.42. The highest BCUT2D eigenvalue weighted by Gasteiger charge is 2.34. The Morgan fingerprint density at radius 1 is 1.04 bits per heavy atom. The zero-order valence-corrected chi connectivity index (χ0v) is 15.0. The van der Waals surface area contributed by atoms with Crippen LogP contribution in [0.5, 0.6) is 0 Å². The average Bonchev–Trinajstić information content (AvgIpc) is 3.24. The molecule has 2 unspecified atom stereocenters. The van der Waals surface area contributed by atoms with Gasteiger partial charge in [0, 0.05) is 24.2 Å². The molecule has 2 heterocycles. The van der Waals surface area contributed by atoms with E-state index in [9.17, 15) is 4.79 Å². The molecule has 2 bridgehead atoms. The summed E-state index contributed by atoms with van der Waals surface area (Å²) >= 11 is 0. The van der Waals surface area contributed by atoms with Crippen molar-refractivity contribution in [3.8, 4) is 0 Å². The third kappa shape index (κ3) is 4.62. The predicted octanol–water partition coefficient (Wildman–Crippen LogP) is 4.01. The quantitative estimate of drug-likeness (QED) is 0.821. The topological polar surface area (TPSA) is 50.4 Å². The fraction of sp³-hybridized carbons (Fsp3) is 0.667. The molecule has 3 aliphatic rings. The number of anilines is 1. The highest BCUT2D eigenvalue weighted by molar-refractivity contribution is 5.90. The second-order valence-electron chi connectivity index (χ2n) is 8.14. The number of rotatable bonds is 6. The summed E-state index contributed by atoms with van der Waals surface area (Å²) in [5.74, 6) is 0.694. The van der Waals surface area contributed by atoms with Crippen molar-refractivity contribution in [1.29, 1.82) is 0 Å². The molecule has 1 aromatic carbocycles. The SMILES string of the molecule is O=C(CC1CC2CCC(C1)N2)Nc1ccc(COC2CCCC2)cc1. The van der Waals surface area contributed by atoms with Crippen LogP contribution in [0, 0.1) is 5.92 Å². The molecule has 0 aromatic heterocycles. The van der Waals surface area contributed by atoms with Crippen LogP contribution in [-0.2, 0) is 16.1 Å². The number of piperidine rings is 1. The normalized spacial score (nSPS) is 29.0. The Hall–Kier alpha value is -1.39. The summed E-state index contributed by atoms with van der Waals surface area (Å²) in [6.07, 6.45) is 11.0. The Bertz CT molecular complexity index is 568. The summed E-state index contributed by atoms with van der Waals surface area (Å²) in [5.41, 5.74) is 2.08. The molecule has 1 saturated carbocycles. The Morgan fingerprint density at radius 2 is 1.72 bits per heavy atom. The summed E-state index contributed by atoms with van der Waals surface area (Å²) < 4.78 is 5.94. The number of nitrogens with one attached hydrogen (secondary N) is 2. The first kappa shape index (κ1) is 17.0. The van der Waals surface area contributed by atoms with Gasteiger partial charge in [0.15, 0.2) is 0 Å². The molecule has 0 spiro atoms. The molecule has 4 nitrogen and oxygen atoms in total. The monoisotopic (exact) mass is 342 g/mol. The van der Waals surface area contributed by atoms with Gasteiger partial charge in [-0.05, 0) is 62.1 Å². The predicted molar refractivity (Wildman–Crippen MR) is 99.4 cm³/mol. The van der Waals surface area contributed by atoms with Crippen LogP contribution in [0.3, 0.4) is 0 Å². The molecule has 4 heteroatoms. The number of carbonyl (C=O) groups is 1. The van der Waals surface area contributed by atoms with Crippen LogP contribution in [0.25, 0.3) is 0 Å². The third-order valence-electron chi connectivity index (χ3n) is 6.07. The van der Waals surface area contributed by atoms with E-state index in [1.54, 1.807) is 0 Å². The van der Waals surface area contributed by atoms with Gasteiger partial charge >= 0.3 is 0 Å². The van der Waals surface area contributed by atoms with Gasteiger partial charge in [-0.3, -0.25) is 4.79 Å². The minimum absolute atomic E-state index is 0.154. The fourth-order valence-corrected chi connectivity index (χ4v) is 4.77. The van der Waals surface area contributed by atoms with Crippen LogP contribution in [0.2, 0.25) is 0 Å². The molecule has 2 aliphatic heterocycles. The average molecular weight is 342 g/mol. The van der Waals surface area contributed by atoms with E-state index < -0.39 is 0 Å². The van der Waals surface area contributed by atoms with E-state index in [0.29, 0.717) is 37.1 Å². The second kappa shape index (κ2) is 7.88. The Morgan fingerprint density at radius 3 is 2.40 bits per heavy atom. The molecule has 0 radical (unpaired) electrons. The van der Waals surface area contributed by atoms with Crippen LogP contribution in [0.1, 0.15) is 63.4 Å². The first-order chi connectivity index (χ1) is 12.2. The number of ether oxygens (including phenoxy) is 1. The van der Waals surface area contributed by atoms with E-state index in [1.165, 1.54) is 44.1 Å². The van der Waals surface area contributed by atoms with Crippen molar-refractivity contribution >= 4 is 11.6 Å². The van der Waals surface area contributed by atoms with Crippen molar-refractivity contribution in [2.45, 2.75) is 82.6 Å². The van der Waals surface area contributed by atoms with E-state index >= 15 is 0 Å². The van der Waals surface area contributed by atoms with Crippen molar-refractivity contribution in [1.82, 2.24) is 5.32 Å². The molecule has 1 aliphatic carbocycles. The molecule has 3 fully saturated rings. The van der Waals surface area contributed by atoms with Crippen molar-refractivity contribution in [2.75, 3.05) is 5.32 Å². The number of fused-ring (bicyclic) bond motifs is 2. The lowest BCUT2D eigenvalue weighted by Crippen LogP contribution is -2.39. The Labute approximate surface area is 150 Å². The maximum Gasteiger partial charge on any atom is 0.224 e. The lowest BCUT2D eigenvalue weighted by atomic mass is 9.89. The summed E-state index contributed by atoms with van der Waals surface area (Å²) in [6.45, 7) is 0.677. The number of benzene rings is 1. The Balaban J connectivity index is 1.22. The molecule has 2 saturated heterocycles. The molecule has 1 aromatic rings. The van der Waals surface area contributed by atoms with Gasteiger partial charge in [-0.1, -0.05) is 25.0 Å². The fourth-order valence-electron chi connectivity index (χ4n) is 4.77. The molecular weight excluding hydrogens is 312 g/mol. The van der Waals surface area contributed by atoms with Crippen LogP contribution in [0.15, 0.2) is 24.3 Å². The zero-order valence-electron chi connectivity index (χ0n) is 15.0. The highest BCUT2D eigenvalue weighted by atomic mass is 16.5. The van der Waals surface area contributed by atoms with E-state index in [4.69, 9.17) is 4.74 Å². The van der Waals surface area contributed by atoms with Crippen molar-refractivity contribution < 1.29 is 9.53 Å². The smallest absolute Gasteiger partial charge is 0.224 e. The minimum Gasteiger partial charge on any atom is -0.374 e. The Kier molecular flexibility index (Phi) is 5.37. The number of hydrogen-bond donors (Lipinski definition) is 2. The van der Waals surface area contributed by atoms with Gasteiger partial charge in [-0.25, -0.2) is 0 Å². The van der Waals surface area contributed by atoms with Gasteiger partial charge in [0.2, 0.25) is 5.91 Å². The molecule has 1 amide bonds. The van der Waals surface area contributed by atoms with Crippen LogP contribution >= 0.6 is 0 Å². The van der Waals surface area contributed by atoms with Crippen molar-refractivity contribution in [3.63, 3.8) is 0 Å². The first-order valence-electron chi connectivity index (χ1n) is 10.0. The molecular formula is C21H30N2O2. The van der Waals surface area contributed by atoms with Gasteiger partial charge in [0.05, 0.1) is 12.7 Å². The summed E-state index contributed by atoms with van der Waals surface area (Å²) in [5, 5.41) is 6.70. The van der Waals surface area contributed by atoms with Gasteiger partial charge < -0.3 is 15.4 Å². The standard InChI is InChI=1S/C21H30N2O2/c24-21(13-16-11-18-9-10-19(12-16)22-18)23-17-7-5-15(6-8-17)14-25-20-3-1-2-4-20/h5-8,16,18-20,22H,1-4,9-14H2,(H,23,24). The summed E-state index contributed by atoms with van der Waals surface area (Å²) in [4.78, 5) is 12.3. The number of hydrogen-bond acceptors (Lipinski definition) is 3.